The molecule has 0 aliphatic heterocycles. The van der Waals surface area contributed by atoms with Gasteiger partial charge in [0, 0.05) is 18.4 Å². The maximum absolute atomic E-state index is 12.0. The van der Waals surface area contributed by atoms with Crippen LogP contribution in [-0.2, 0) is 25.6 Å². The highest BCUT2D eigenvalue weighted by Crippen LogP contribution is 2.17. The molecule has 7 heteroatoms. The van der Waals surface area contributed by atoms with E-state index in [0.29, 0.717) is 23.9 Å². The summed E-state index contributed by atoms with van der Waals surface area (Å²) < 4.78 is 10.4. The van der Waals surface area contributed by atoms with Crippen LogP contribution in [0.2, 0.25) is 0 Å². The molecule has 0 saturated heterocycles. The quantitative estimate of drug-likeness (QED) is 0.515. The Balaban J connectivity index is 2.37. The minimum atomic E-state index is -0.685. The Morgan fingerprint density at radius 1 is 1.21 bits per heavy atom. The molecule has 0 bridgehead atoms. The molecule has 1 aromatic rings. The lowest BCUT2D eigenvalue weighted by atomic mass is 10.1. The summed E-state index contributed by atoms with van der Waals surface area (Å²) in [5.41, 5.74) is 0. The molecule has 0 aromatic carbocycles. The highest BCUT2D eigenvalue weighted by atomic mass is 32.1. The number of esters is 1. The summed E-state index contributed by atoms with van der Waals surface area (Å²) in [5, 5.41) is 2.66. The lowest BCUT2D eigenvalue weighted by molar-refractivity contribution is -0.155. The summed E-state index contributed by atoms with van der Waals surface area (Å²) in [6.45, 7) is 7.76. The highest BCUT2D eigenvalue weighted by Gasteiger charge is 2.18. The predicted octanol–water partition coefficient (Wildman–Crippen LogP) is 2.56. The SMILES string of the molecule is CC(=O)NCc1ccc(C(=O)COC(=O)C(C)OCCC(C)C)s1. The number of hydrogen-bond donors (Lipinski definition) is 1. The normalized spacial score (nSPS) is 12.0. The molecular weight excluding hydrogens is 330 g/mol. The number of rotatable bonds is 10. The van der Waals surface area contributed by atoms with Crippen molar-refractivity contribution in [3.63, 3.8) is 0 Å². The van der Waals surface area contributed by atoms with Gasteiger partial charge in [-0.15, -0.1) is 11.3 Å². The molecule has 1 amide bonds. The van der Waals surface area contributed by atoms with Crippen LogP contribution < -0.4 is 5.32 Å². The number of ketones is 1. The van der Waals surface area contributed by atoms with Gasteiger partial charge in [0.05, 0.1) is 11.4 Å². The summed E-state index contributed by atoms with van der Waals surface area (Å²) in [6.07, 6.45) is 0.179. The fraction of sp³-hybridized carbons (Fsp3) is 0.588. The maximum atomic E-state index is 12.0. The minimum absolute atomic E-state index is 0.128. The van der Waals surface area contributed by atoms with Crippen molar-refractivity contribution >= 4 is 29.0 Å². The van der Waals surface area contributed by atoms with Crippen molar-refractivity contribution in [3.05, 3.63) is 21.9 Å². The summed E-state index contributed by atoms with van der Waals surface area (Å²) in [4.78, 5) is 36.1. The highest BCUT2D eigenvalue weighted by molar-refractivity contribution is 7.14. The molecule has 0 aliphatic rings. The number of hydrogen-bond acceptors (Lipinski definition) is 6. The molecule has 0 saturated carbocycles. The Hall–Kier alpha value is -1.73. The molecular formula is C17H25NO5S. The number of carbonyl (C=O) groups excluding carboxylic acids is 3. The first-order valence-corrected chi connectivity index (χ1v) is 8.75. The van der Waals surface area contributed by atoms with Crippen molar-refractivity contribution in [2.75, 3.05) is 13.2 Å². The molecule has 24 heavy (non-hydrogen) atoms. The fourth-order valence-electron chi connectivity index (χ4n) is 1.71. The average Bonchev–Trinajstić information content (AvgIpc) is 2.98. The van der Waals surface area contributed by atoms with Gasteiger partial charge in [-0.2, -0.15) is 0 Å². The molecule has 0 fully saturated rings. The van der Waals surface area contributed by atoms with Crippen molar-refractivity contribution in [2.24, 2.45) is 5.92 Å². The van der Waals surface area contributed by atoms with Crippen LogP contribution in [-0.4, -0.2) is 37.0 Å². The van der Waals surface area contributed by atoms with Gasteiger partial charge in [0.25, 0.3) is 0 Å². The van der Waals surface area contributed by atoms with E-state index in [1.54, 1.807) is 19.1 Å². The van der Waals surface area contributed by atoms with Gasteiger partial charge in [-0.1, -0.05) is 13.8 Å². The number of thiophene rings is 1. The Bertz CT molecular complexity index is 567. The maximum Gasteiger partial charge on any atom is 0.335 e. The molecule has 1 heterocycles. The molecule has 1 unspecified atom stereocenters. The van der Waals surface area contributed by atoms with E-state index in [-0.39, 0.29) is 18.3 Å². The van der Waals surface area contributed by atoms with Crippen LogP contribution >= 0.6 is 11.3 Å². The van der Waals surface area contributed by atoms with Crippen molar-refractivity contribution in [1.82, 2.24) is 5.32 Å². The monoisotopic (exact) mass is 355 g/mol. The van der Waals surface area contributed by atoms with Gasteiger partial charge in [-0.05, 0) is 31.4 Å². The predicted molar refractivity (Wildman–Crippen MR) is 92.0 cm³/mol. The van der Waals surface area contributed by atoms with Crippen LogP contribution in [0.1, 0.15) is 48.7 Å². The van der Waals surface area contributed by atoms with Crippen molar-refractivity contribution < 1.29 is 23.9 Å². The largest absolute Gasteiger partial charge is 0.455 e. The summed E-state index contributed by atoms with van der Waals surface area (Å²) >= 11 is 1.27. The van der Waals surface area contributed by atoms with Crippen LogP contribution in [0.3, 0.4) is 0 Å². The molecule has 6 nitrogen and oxygen atoms in total. The first-order valence-electron chi connectivity index (χ1n) is 7.94. The zero-order valence-electron chi connectivity index (χ0n) is 14.6. The Morgan fingerprint density at radius 3 is 2.54 bits per heavy atom. The average molecular weight is 355 g/mol. The zero-order valence-corrected chi connectivity index (χ0v) is 15.4. The fourth-order valence-corrected chi connectivity index (χ4v) is 2.58. The molecule has 1 atom stereocenters. The second-order valence-electron chi connectivity index (χ2n) is 5.90. The van der Waals surface area contributed by atoms with E-state index in [4.69, 9.17) is 9.47 Å². The second-order valence-corrected chi connectivity index (χ2v) is 7.07. The van der Waals surface area contributed by atoms with Crippen LogP contribution in [0.5, 0.6) is 0 Å². The molecule has 0 spiro atoms. The molecule has 1 N–H and O–H groups in total. The minimum Gasteiger partial charge on any atom is -0.455 e. The second kappa shape index (κ2) is 10.2. The molecule has 0 radical (unpaired) electrons. The Labute approximate surface area is 146 Å². The van der Waals surface area contributed by atoms with Crippen LogP contribution in [0, 0.1) is 5.92 Å². The molecule has 0 aliphatic carbocycles. The standard InChI is InChI=1S/C17H25NO5S/c1-11(2)7-8-22-12(3)17(21)23-10-15(20)16-6-5-14(24-16)9-18-13(4)19/h5-6,11-12H,7-10H2,1-4H3,(H,18,19). The summed E-state index contributed by atoms with van der Waals surface area (Å²) in [6, 6.07) is 3.44. The van der Waals surface area contributed by atoms with E-state index in [2.05, 4.69) is 19.2 Å². The van der Waals surface area contributed by atoms with E-state index >= 15 is 0 Å². The third-order valence-corrected chi connectivity index (χ3v) is 4.31. The molecule has 1 rings (SSSR count). The number of ether oxygens (including phenoxy) is 2. The van der Waals surface area contributed by atoms with E-state index in [9.17, 15) is 14.4 Å². The number of carbonyl (C=O) groups is 3. The number of nitrogens with one attached hydrogen (secondary N) is 1. The smallest absolute Gasteiger partial charge is 0.335 e. The van der Waals surface area contributed by atoms with Gasteiger partial charge in [0.15, 0.2) is 12.7 Å². The topological polar surface area (TPSA) is 81.7 Å². The van der Waals surface area contributed by atoms with Gasteiger partial charge in [-0.25, -0.2) is 4.79 Å². The third-order valence-electron chi connectivity index (χ3n) is 3.19. The molecule has 1 aromatic heterocycles. The van der Waals surface area contributed by atoms with Crippen LogP contribution in [0.25, 0.3) is 0 Å². The Kier molecular flexibility index (Phi) is 8.63. The van der Waals surface area contributed by atoms with Crippen molar-refractivity contribution in [1.29, 1.82) is 0 Å². The van der Waals surface area contributed by atoms with Crippen molar-refractivity contribution in [3.8, 4) is 0 Å². The first kappa shape index (κ1) is 20.3. The van der Waals surface area contributed by atoms with E-state index in [1.165, 1.54) is 18.3 Å². The van der Waals surface area contributed by atoms with Crippen LogP contribution in [0.4, 0.5) is 0 Å². The summed E-state index contributed by atoms with van der Waals surface area (Å²) in [5.74, 6) is -0.434. The van der Waals surface area contributed by atoms with Gasteiger partial charge in [0.1, 0.15) is 0 Å². The van der Waals surface area contributed by atoms with Crippen molar-refractivity contribution in [2.45, 2.75) is 46.8 Å². The van der Waals surface area contributed by atoms with E-state index in [0.717, 1.165) is 11.3 Å². The Morgan fingerprint density at radius 2 is 1.92 bits per heavy atom. The third kappa shape index (κ3) is 7.70. The van der Waals surface area contributed by atoms with E-state index < -0.39 is 12.1 Å². The van der Waals surface area contributed by atoms with Gasteiger partial charge < -0.3 is 14.8 Å². The zero-order chi connectivity index (χ0) is 18.1. The lowest BCUT2D eigenvalue weighted by Crippen LogP contribution is -2.26. The van der Waals surface area contributed by atoms with Gasteiger partial charge in [-0.3, -0.25) is 9.59 Å². The van der Waals surface area contributed by atoms with E-state index in [1.807, 2.05) is 0 Å². The van der Waals surface area contributed by atoms with Gasteiger partial charge in [0.2, 0.25) is 11.7 Å². The number of Topliss-reactive ketones (excluding diaryl/α,β-unsaturated/α-hetero) is 1. The molecule has 134 valence electrons. The summed E-state index contributed by atoms with van der Waals surface area (Å²) in [7, 11) is 0. The van der Waals surface area contributed by atoms with Gasteiger partial charge >= 0.3 is 5.97 Å². The first-order chi connectivity index (χ1) is 11.3. The van der Waals surface area contributed by atoms with Crippen LogP contribution in [0.15, 0.2) is 12.1 Å². The number of amides is 1. The lowest BCUT2D eigenvalue weighted by Gasteiger charge is -2.13.